The molecule has 96 valence electrons. The van der Waals surface area contributed by atoms with Crippen LogP contribution in [0, 0.1) is 17.8 Å². The quantitative estimate of drug-likeness (QED) is 0.713. The van der Waals surface area contributed by atoms with Crippen LogP contribution in [0.25, 0.3) is 0 Å². The van der Waals surface area contributed by atoms with Gasteiger partial charge in [-0.2, -0.15) is 0 Å². The van der Waals surface area contributed by atoms with Crippen molar-refractivity contribution in [3.05, 3.63) is 0 Å². The van der Waals surface area contributed by atoms with Gasteiger partial charge >= 0.3 is 0 Å². The second-order valence-corrected chi connectivity index (χ2v) is 6.12. The first kappa shape index (κ1) is 11.5. The number of amides is 1. The van der Waals surface area contributed by atoms with Crippen LogP contribution in [-0.2, 0) is 4.79 Å². The summed E-state index contributed by atoms with van der Waals surface area (Å²) in [7, 11) is 0. The van der Waals surface area contributed by atoms with Crippen molar-refractivity contribution in [1.29, 1.82) is 0 Å². The van der Waals surface area contributed by atoms with Gasteiger partial charge in [0, 0.05) is 6.54 Å². The fraction of sp³-hybridized carbons (Fsp3) is 0.929. The van der Waals surface area contributed by atoms with Gasteiger partial charge in [0.2, 0.25) is 5.91 Å². The maximum Gasteiger partial charge on any atom is 0.237 e. The first-order valence-electron chi connectivity index (χ1n) is 7.35. The highest BCUT2D eigenvalue weighted by atomic mass is 16.2. The molecule has 0 spiro atoms. The van der Waals surface area contributed by atoms with Gasteiger partial charge in [0.25, 0.3) is 0 Å². The fourth-order valence-corrected chi connectivity index (χ4v) is 3.59. The Bertz CT molecular complexity index is 288. The molecule has 3 heteroatoms. The molecule has 2 aliphatic carbocycles. The third-order valence-corrected chi connectivity index (χ3v) is 4.81. The summed E-state index contributed by atoms with van der Waals surface area (Å²) in [5, 5.41) is 6.53. The summed E-state index contributed by atoms with van der Waals surface area (Å²) in [5.74, 6) is 2.64. The molecule has 3 nitrogen and oxygen atoms in total. The molecule has 0 aromatic rings. The van der Waals surface area contributed by atoms with Crippen molar-refractivity contribution in [3.8, 4) is 0 Å². The number of fused-ring (bicyclic) bond motifs is 1. The van der Waals surface area contributed by atoms with E-state index < -0.39 is 0 Å². The summed E-state index contributed by atoms with van der Waals surface area (Å²) >= 11 is 0. The highest BCUT2D eigenvalue weighted by molar-refractivity contribution is 5.82. The smallest absolute Gasteiger partial charge is 0.237 e. The van der Waals surface area contributed by atoms with E-state index in [1.807, 2.05) is 0 Å². The summed E-state index contributed by atoms with van der Waals surface area (Å²) in [4.78, 5) is 12.1. The summed E-state index contributed by atoms with van der Waals surface area (Å²) in [6.07, 6.45) is 9.20. The van der Waals surface area contributed by atoms with Crippen molar-refractivity contribution in [1.82, 2.24) is 10.6 Å². The minimum absolute atomic E-state index is 0.114. The lowest BCUT2D eigenvalue weighted by Gasteiger charge is -2.17. The molecule has 0 radical (unpaired) electrons. The predicted octanol–water partition coefficient (Wildman–Crippen LogP) is 1.68. The third kappa shape index (κ3) is 2.65. The molecule has 2 N–H and O–H groups in total. The first-order valence-corrected chi connectivity index (χ1v) is 7.35. The van der Waals surface area contributed by atoms with Gasteiger partial charge in [0.1, 0.15) is 0 Å². The van der Waals surface area contributed by atoms with Gasteiger partial charge in [-0.25, -0.2) is 0 Å². The Kier molecular flexibility index (Phi) is 3.37. The monoisotopic (exact) mass is 236 g/mol. The van der Waals surface area contributed by atoms with E-state index in [0.717, 1.165) is 31.3 Å². The molecule has 3 fully saturated rings. The van der Waals surface area contributed by atoms with Crippen LogP contribution in [0.1, 0.15) is 44.9 Å². The second-order valence-electron chi connectivity index (χ2n) is 6.12. The maximum absolute atomic E-state index is 12.1. The van der Waals surface area contributed by atoms with Crippen LogP contribution in [-0.4, -0.2) is 25.0 Å². The minimum Gasteiger partial charge on any atom is -0.355 e. The topological polar surface area (TPSA) is 41.1 Å². The summed E-state index contributed by atoms with van der Waals surface area (Å²) in [5.41, 5.74) is 0. The van der Waals surface area contributed by atoms with Gasteiger partial charge in [0.15, 0.2) is 0 Å². The molecule has 17 heavy (non-hydrogen) atoms. The SMILES string of the molecule is O=C(NCCCC1CC1)C1NCC2CCCC21. The van der Waals surface area contributed by atoms with Crippen molar-refractivity contribution >= 4 is 5.91 Å². The van der Waals surface area contributed by atoms with E-state index in [9.17, 15) is 4.79 Å². The van der Waals surface area contributed by atoms with Crippen molar-refractivity contribution in [3.63, 3.8) is 0 Å². The zero-order valence-electron chi connectivity index (χ0n) is 10.6. The normalized spacial score (nSPS) is 35.9. The fourth-order valence-electron chi connectivity index (χ4n) is 3.59. The molecule has 0 bridgehead atoms. The minimum atomic E-state index is 0.114. The van der Waals surface area contributed by atoms with Crippen LogP contribution in [0.3, 0.4) is 0 Å². The van der Waals surface area contributed by atoms with Crippen LogP contribution >= 0.6 is 0 Å². The van der Waals surface area contributed by atoms with Crippen LogP contribution in [0.4, 0.5) is 0 Å². The zero-order chi connectivity index (χ0) is 11.7. The van der Waals surface area contributed by atoms with E-state index in [1.54, 1.807) is 0 Å². The molecular formula is C14H24N2O. The lowest BCUT2D eigenvalue weighted by molar-refractivity contribution is -0.123. The van der Waals surface area contributed by atoms with Gasteiger partial charge in [-0.15, -0.1) is 0 Å². The van der Waals surface area contributed by atoms with E-state index in [0.29, 0.717) is 5.92 Å². The molecule has 1 saturated heterocycles. The molecule has 1 aliphatic heterocycles. The largest absolute Gasteiger partial charge is 0.355 e. The van der Waals surface area contributed by atoms with Crippen LogP contribution in [0.2, 0.25) is 0 Å². The summed E-state index contributed by atoms with van der Waals surface area (Å²) in [6, 6.07) is 0.114. The summed E-state index contributed by atoms with van der Waals surface area (Å²) < 4.78 is 0. The van der Waals surface area contributed by atoms with Gasteiger partial charge in [-0.1, -0.05) is 19.3 Å². The Balaban J connectivity index is 1.39. The number of rotatable bonds is 5. The van der Waals surface area contributed by atoms with Crippen molar-refractivity contribution in [2.45, 2.75) is 51.0 Å². The molecular weight excluding hydrogens is 212 g/mol. The van der Waals surface area contributed by atoms with E-state index in [2.05, 4.69) is 10.6 Å². The Morgan fingerprint density at radius 3 is 2.94 bits per heavy atom. The highest BCUT2D eigenvalue weighted by Crippen LogP contribution is 2.37. The van der Waals surface area contributed by atoms with Gasteiger partial charge in [0.05, 0.1) is 6.04 Å². The van der Waals surface area contributed by atoms with Crippen LogP contribution in [0.15, 0.2) is 0 Å². The first-order chi connectivity index (χ1) is 8.34. The van der Waals surface area contributed by atoms with E-state index in [1.165, 1.54) is 38.5 Å². The standard InChI is InChI=1S/C14H24N2O/c17-14(15-8-2-3-10-6-7-10)13-12-5-1-4-11(12)9-16-13/h10-13,16H,1-9H2,(H,15,17). The number of carbonyl (C=O) groups excluding carboxylic acids is 1. The highest BCUT2D eigenvalue weighted by Gasteiger charge is 2.42. The molecule has 1 amide bonds. The Morgan fingerprint density at radius 2 is 2.12 bits per heavy atom. The average Bonchev–Trinajstić information content (AvgIpc) is 2.87. The van der Waals surface area contributed by atoms with Crippen molar-refractivity contribution in [2.75, 3.05) is 13.1 Å². The van der Waals surface area contributed by atoms with E-state index in [4.69, 9.17) is 0 Å². The average molecular weight is 236 g/mol. The number of carbonyl (C=O) groups is 1. The number of nitrogens with one attached hydrogen (secondary N) is 2. The van der Waals surface area contributed by atoms with Crippen molar-refractivity contribution in [2.24, 2.45) is 17.8 Å². The molecule has 0 aromatic heterocycles. The van der Waals surface area contributed by atoms with Gasteiger partial charge < -0.3 is 10.6 Å². The van der Waals surface area contributed by atoms with Gasteiger partial charge in [-0.05, 0) is 50.0 Å². The molecule has 3 aliphatic rings. The lowest BCUT2D eigenvalue weighted by atomic mass is 9.93. The third-order valence-electron chi connectivity index (χ3n) is 4.81. The lowest BCUT2D eigenvalue weighted by Crippen LogP contribution is -2.44. The number of hydrogen-bond acceptors (Lipinski definition) is 2. The zero-order valence-corrected chi connectivity index (χ0v) is 10.6. The predicted molar refractivity (Wildman–Crippen MR) is 67.6 cm³/mol. The Hall–Kier alpha value is -0.570. The molecule has 1 heterocycles. The molecule has 3 unspecified atom stereocenters. The molecule has 3 rings (SSSR count). The molecule has 3 atom stereocenters. The Morgan fingerprint density at radius 1 is 1.24 bits per heavy atom. The second kappa shape index (κ2) is 4.97. The van der Waals surface area contributed by atoms with Crippen LogP contribution in [0.5, 0.6) is 0 Å². The maximum atomic E-state index is 12.1. The Labute approximate surface area is 104 Å². The number of hydrogen-bond donors (Lipinski definition) is 2. The van der Waals surface area contributed by atoms with Crippen molar-refractivity contribution < 1.29 is 4.79 Å². The van der Waals surface area contributed by atoms with E-state index >= 15 is 0 Å². The van der Waals surface area contributed by atoms with Crippen LogP contribution < -0.4 is 10.6 Å². The van der Waals surface area contributed by atoms with Gasteiger partial charge in [-0.3, -0.25) is 4.79 Å². The molecule has 0 aromatic carbocycles. The molecule has 2 saturated carbocycles. The van der Waals surface area contributed by atoms with E-state index in [-0.39, 0.29) is 11.9 Å². The summed E-state index contributed by atoms with van der Waals surface area (Å²) in [6.45, 7) is 1.94.